The first kappa shape index (κ1) is 18.8. The molecule has 1 aliphatic rings. The number of carbonyl (C=O) groups is 2. The Balaban J connectivity index is 1.50. The molecule has 1 fully saturated rings. The van der Waals surface area contributed by atoms with Gasteiger partial charge in [0.1, 0.15) is 5.01 Å². The average Bonchev–Trinajstić information content (AvgIpc) is 3.06. The van der Waals surface area contributed by atoms with E-state index in [9.17, 15) is 9.59 Å². The zero-order valence-electron chi connectivity index (χ0n) is 14.7. The van der Waals surface area contributed by atoms with Gasteiger partial charge in [0, 0.05) is 16.5 Å². The Kier molecular flexibility index (Phi) is 6.62. The van der Waals surface area contributed by atoms with E-state index in [1.165, 1.54) is 29.5 Å². The fraction of sp³-hybridized carbons (Fsp3) is 0.444. The highest BCUT2D eigenvalue weighted by Gasteiger charge is 2.21. The van der Waals surface area contributed by atoms with E-state index < -0.39 is 0 Å². The standard InChI is InChI=1S/C18H22N4O2S2/c1-12-21-22-18(26-12)20-16(23)11-25-15-9-5-8-14(10-15)19-17(24)13-6-3-2-4-7-13/h5,8-10,13H,2-4,6-7,11H2,1H3,(H,19,24)(H,20,22,23). The Labute approximate surface area is 161 Å². The molecule has 2 N–H and O–H groups in total. The lowest BCUT2D eigenvalue weighted by atomic mass is 9.88. The molecule has 0 radical (unpaired) electrons. The van der Waals surface area contributed by atoms with Crippen LogP contribution in [0.5, 0.6) is 0 Å². The highest BCUT2D eigenvalue weighted by molar-refractivity contribution is 8.00. The number of amides is 2. The molecular formula is C18H22N4O2S2. The summed E-state index contributed by atoms with van der Waals surface area (Å²) in [5, 5.41) is 14.8. The lowest BCUT2D eigenvalue weighted by Gasteiger charge is -2.20. The molecule has 0 saturated heterocycles. The van der Waals surface area contributed by atoms with Crippen molar-refractivity contribution in [2.24, 2.45) is 5.92 Å². The Morgan fingerprint density at radius 1 is 1.19 bits per heavy atom. The molecular weight excluding hydrogens is 368 g/mol. The summed E-state index contributed by atoms with van der Waals surface area (Å²) in [7, 11) is 0. The van der Waals surface area contributed by atoms with E-state index in [0.29, 0.717) is 5.13 Å². The molecule has 0 unspecified atom stereocenters. The highest BCUT2D eigenvalue weighted by Crippen LogP contribution is 2.26. The summed E-state index contributed by atoms with van der Waals surface area (Å²) < 4.78 is 0. The molecule has 3 rings (SSSR count). The summed E-state index contributed by atoms with van der Waals surface area (Å²) in [6.45, 7) is 1.84. The summed E-state index contributed by atoms with van der Waals surface area (Å²) in [6, 6.07) is 7.62. The molecule has 0 bridgehead atoms. The first-order valence-corrected chi connectivity index (χ1v) is 10.5. The molecule has 1 saturated carbocycles. The van der Waals surface area contributed by atoms with Crippen molar-refractivity contribution in [2.75, 3.05) is 16.4 Å². The van der Waals surface area contributed by atoms with E-state index in [1.54, 1.807) is 0 Å². The fourth-order valence-corrected chi connectivity index (χ4v) is 4.29. The fourth-order valence-electron chi connectivity index (χ4n) is 2.92. The van der Waals surface area contributed by atoms with Crippen LogP contribution >= 0.6 is 23.1 Å². The number of benzene rings is 1. The second-order valence-corrected chi connectivity index (χ2v) is 8.55. The Hall–Kier alpha value is -1.93. The van der Waals surface area contributed by atoms with Gasteiger partial charge in [-0.3, -0.25) is 14.9 Å². The molecule has 2 amide bonds. The van der Waals surface area contributed by atoms with E-state index in [4.69, 9.17) is 0 Å². The largest absolute Gasteiger partial charge is 0.326 e. The summed E-state index contributed by atoms with van der Waals surface area (Å²) in [5.74, 6) is 0.388. The minimum absolute atomic E-state index is 0.108. The van der Waals surface area contributed by atoms with Gasteiger partial charge in [0.05, 0.1) is 5.75 Å². The first-order chi connectivity index (χ1) is 12.6. The van der Waals surface area contributed by atoms with E-state index in [2.05, 4.69) is 20.8 Å². The third kappa shape index (κ3) is 5.54. The second-order valence-electron chi connectivity index (χ2n) is 6.32. The minimum atomic E-state index is -0.122. The Bertz CT molecular complexity index is 772. The monoisotopic (exact) mass is 390 g/mol. The molecule has 1 aromatic carbocycles. The predicted molar refractivity (Wildman–Crippen MR) is 106 cm³/mol. The maximum atomic E-state index is 12.4. The van der Waals surface area contributed by atoms with Crippen molar-refractivity contribution in [3.63, 3.8) is 0 Å². The zero-order chi connectivity index (χ0) is 18.4. The molecule has 26 heavy (non-hydrogen) atoms. The van der Waals surface area contributed by atoms with Crippen LogP contribution in [0, 0.1) is 12.8 Å². The number of aryl methyl sites for hydroxylation is 1. The SMILES string of the molecule is Cc1nnc(NC(=O)CSc2cccc(NC(=O)C3CCCCC3)c2)s1. The van der Waals surface area contributed by atoms with Crippen LogP contribution in [-0.4, -0.2) is 27.8 Å². The van der Waals surface area contributed by atoms with Gasteiger partial charge in [-0.25, -0.2) is 0 Å². The van der Waals surface area contributed by atoms with Crippen LogP contribution in [0.25, 0.3) is 0 Å². The lowest BCUT2D eigenvalue weighted by molar-refractivity contribution is -0.120. The number of hydrogen-bond acceptors (Lipinski definition) is 6. The van der Waals surface area contributed by atoms with Gasteiger partial charge in [-0.05, 0) is 38.0 Å². The highest BCUT2D eigenvalue weighted by atomic mass is 32.2. The number of anilines is 2. The van der Waals surface area contributed by atoms with Gasteiger partial charge < -0.3 is 5.32 Å². The van der Waals surface area contributed by atoms with Gasteiger partial charge >= 0.3 is 0 Å². The molecule has 1 aromatic heterocycles. The third-order valence-electron chi connectivity index (χ3n) is 4.22. The van der Waals surface area contributed by atoms with Crippen molar-refractivity contribution in [3.05, 3.63) is 29.3 Å². The molecule has 6 nitrogen and oxygen atoms in total. The van der Waals surface area contributed by atoms with Crippen LogP contribution in [0.4, 0.5) is 10.8 Å². The van der Waals surface area contributed by atoms with Gasteiger partial charge in [0.2, 0.25) is 16.9 Å². The van der Waals surface area contributed by atoms with Gasteiger partial charge in [-0.1, -0.05) is 36.7 Å². The van der Waals surface area contributed by atoms with Crippen molar-refractivity contribution < 1.29 is 9.59 Å². The molecule has 1 aliphatic carbocycles. The second kappa shape index (κ2) is 9.14. The van der Waals surface area contributed by atoms with Crippen molar-refractivity contribution in [1.29, 1.82) is 0 Å². The van der Waals surface area contributed by atoms with E-state index in [0.717, 1.165) is 41.3 Å². The van der Waals surface area contributed by atoms with Gasteiger partial charge in [0.25, 0.3) is 0 Å². The number of nitrogens with one attached hydrogen (secondary N) is 2. The molecule has 8 heteroatoms. The topological polar surface area (TPSA) is 84.0 Å². The Morgan fingerprint density at radius 3 is 2.73 bits per heavy atom. The van der Waals surface area contributed by atoms with Crippen molar-refractivity contribution in [3.8, 4) is 0 Å². The quantitative estimate of drug-likeness (QED) is 0.726. The predicted octanol–water partition coefficient (Wildman–Crippen LogP) is 4.10. The smallest absolute Gasteiger partial charge is 0.236 e. The van der Waals surface area contributed by atoms with E-state index in [-0.39, 0.29) is 23.5 Å². The molecule has 0 atom stereocenters. The number of hydrogen-bond donors (Lipinski definition) is 2. The summed E-state index contributed by atoms with van der Waals surface area (Å²) >= 11 is 2.77. The number of rotatable bonds is 6. The molecule has 1 heterocycles. The molecule has 138 valence electrons. The van der Waals surface area contributed by atoms with E-state index >= 15 is 0 Å². The number of thioether (sulfide) groups is 1. The van der Waals surface area contributed by atoms with Gasteiger partial charge in [0.15, 0.2) is 0 Å². The number of nitrogens with zero attached hydrogens (tertiary/aromatic N) is 2. The van der Waals surface area contributed by atoms with Crippen molar-refractivity contribution in [2.45, 2.75) is 43.9 Å². The first-order valence-electron chi connectivity index (χ1n) is 8.74. The summed E-state index contributed by atoms with van der Waals surface area (Å²) in [6.07, 6.45) is 5.46. The number of carbonyl (C=O) groups excluding carboxylic acids is 2. The molecule has 0 spiro atoms. The summed E-state index contributed by atoms with van der Waals surface area (Å²) in [4.78, 5) is 25.3. The van der Waals surface area contributed by atoms with Gasteiger partial charge in [-0.2, -0.15) is 0 Å². The average molecular weight is 391 g/mol. The number of aromatic nitrogens is 2. The van der Waals surface area contributed by atoms with Crippen molar-refractivity contribution >= 4 is 45.7 Å². The van der Waals surface area contributed by atoms with Crippen LogP contribution in [0.2, 0.25) is 0 Å². The zero-order valence-corrected chi connectivity index (χ0v) is 16.3. The van der Waals surface area contributed by atoms with Crippen LogP contribution in [0.1, 0.15) is 37.1 Å². The third-order valence-corrected chi connectivity index (χ3v) is 5.97. The van der Waals surface area contributed by atoms with E-state index in [1.807, 2.05) is 31.2 Å². The molecule has 2 aromatic rings. The lowest BCUT2D eigenvalue weighted by Crippen LogP contribution is -2.24. The maximum Gasteiger partial charge on any atom is 0.236 e. The normalized spacial score (nSPS) is 14.8. The van der Waals surface area contributed by atoms with Crippen LogP contribution in [0.3, 0.4) is 0 Å². The van der Waals surface area contributed by atoms with Gasteiger partial charge in [-0.15, -0.1) is 22.0 Å². The van der Waals surface area contributed by atoms with Crippen LogP contribution in [0.15, 0.2) is 29.2 Å². The Morgan fingerprint density at radius 2 is 2.00 bits per heavy atom. The van der Waals surface area contributed by atoms with Crippen LogP contribution in [-0.2, 0) is 9.59 Å². The van der Waals surface area contributed by atoms with Crippen LogP contribution < -0.4 is 10.6 Å². The minimum Gasteiger partial charge on any atom is -0.326 e. The molecule has 0 aliphatic heterocycles. The summed E-state index contributed by atoms with van der Waals surface area (Å²) in [5.41, 5.74) is 0.783. The van der Waals surface area contributed by atoms with Crippen molar-refractivity contribution in [1.82, 2.24) is 10.2 Å². The maximum absolute atomic E-state index is 12.4.